The second kappa shape index (κ2) is 7.53. The van der Waals surface area contributed by atoms with Gasteiger partial charge >= 0.3 is 0 Å². The maximum Gasteiger partial charge on any atom is 0.158 e. The monoisotopic (exact) mass is 402 g/mol. The molecule has 1 aliphatic rings. The van der Waals surface area contributed by atoms with Crippen LogP contribution in [0.2, 0.25) is 5.02 Å². The molecule has 4 nitrogen and oxygen atoms in total. The number of nitrogens with zero attached hydrogens (tertiary/aromatic N) is 4. The number of anilines is 1. The zero-order chi connectivity index (χ0) is 19.8. The third-order valence-corrected chi connectivity index (χ3v) is 5.85. The van der Waals surface area contributed by atoms with Gasteiger partial charge in [-0.25, -0.2) is 4.98 Å². The van der Waals surface area contributed by atoms with Crippen molar-refractivity contribution in [2.75, 3.05) is 18.0 Å². The largest absolute Gasteiger partial charge is 0.356 e. The van der Waals surface area contributed by atoms with Crippen molar-refractivity contribution in [1.82, 2.24) is 14.6 Å². The van der Waals surface area contributed by atoms with E-state index in [9.17, 15) is 0 Å². The molecule has 0 aliphatic carbocycles. The molecule has 0 radical (unpaired) electrons. The Hall–Kier alpha value is -2.85. The van der Waals surface area contributed by atoms with Gasteiger partial charge in [0.05, 0.1) is 11.4 Å². The first-order chi connectivity index (χ1) is 14.2. The van der Waals surface area contributed by atoms with Crippen LogP contribution in [-0.2, 0) is 0 Å². The van der Waals surface area contributed by atoms with E-state index < -0.39 is 0 Å². The van der Waals surface area contributed by atoms with E-state index in [0.717, 1.165) is 52.1 Å². The number of piperidine rings is 1. The topological polar surface area (TPSA) is 33.4 Å². The van der Waals surface area contributed by atoms with Gasteiger partial charge in [-0.15, -0.1) is 0 Å². The number of rotatable bonds is 3. The molecular weight excluding hydrogens is 380 g/mol. The molecule has 3 heterocycles. The van der Waals surface area contributed by atoms with Gasteiger partial charge in [-0.3, -0.25) is 0 Å². The van der Waals surface area contributed by atoms with Crippen molar-refractivity contribution in [3.8, 4) is 22.5 Å². The molecule has 1 atom stereocenters. The Labute approximate surface area is 175 Å². The lowest BCUT2D eigenvalue weighted by molar-refractivity contribution is 0.442. The Bertz CT molecular complexity index is 1130. The molecule has 0 saturated carbocycles. The van der Waals surface area contributed by atoms with Crippen molar-refractivity contribution in [3.05, 3.63) is 71.8 Å². The van der Waals surface area contributed by atoms with E-state index >= 15 is 0 Å². The van der Waals surface area contributed by atoms with Crippen molar-refractivity contribution in [2.24, 2.45) is 5.92 Å². The van der Waals surface area contributed by atoms with Gasteiger partial charge in [-0.2, -0.15) is 9.61 Å². The number of fused-ring (bicyclic) bond motifs is 1. The molecule has 2 aromatic carbocycles. The smallest absolute Gasteiger partial charge is 0.158 e. The summed E-state index contributed by atoms with van der Waals surface area (Å²) in [6, 6.07) is 22.4. The van der Waals surface area contributed by atoms with Crippen molar-refractivity contribution >= 4 is 23.1 Å². The van der Waals surface area contributed by atoms with Gasteiger partial charge in [0.25, 0.3) is 0 Å². The van der Waals surface area contributed by atoms with Gasteiger partial charge in [-0.1, -0.05) is 61.0 Å². The second-order valence-electron chi connectivity index (χ2n) is 7.87. The van der Waals surface area contributed by atoms with Crippen LogP contribution in [0.25, 0.3) is 28.2 Å². The maximum atomic E-state index is 6.06. The Kier molecular flexibility index (Phi) is 4.72. The Morgan fingerprint density at radius 3 is 2.45 bits per heavy atom. The number of aromatic nitrogens is 3. The molecule has 0 unspecified atom stereocenters. The molecule has 5 heteroatoms. The van der Waals surface area contributed by atoms with Crippen LogP contribution in [0.4, 0.5) is 5.82 Å². The number of hydrogen-bond acceptors (Lipinski definition) is 3. The highest BCUT2D eigenvalue weighted by atomic mass is 35.5. The summed E-state index contributed by atoms with van der Waals surface area (Å²) in [7, 11) is 0. The van der Waals surface area contributed by atoms with Crippen molar-refractivity contribution in [2.45, 2.75) is 19.8 Å². The minimum atomic E-state index is 0.679. The summed E-state index contributed by atoms with van der Waals surface area (Å²) in [6.07, 6.45) is 2.49. The average Bonchev–Trinajstić information content (AvgIpc) is 3.18. The Morgan fingerprint density at radius 1 is 0.931 bits per heavy atom. The average molecular weight is 403 g/mol. The lowest BCUT2D eigenvalue weighted by Gasteiger charge is -2.32. The number of halogens is 1. The fourth-order valence-electron chi connectivity index (χ4n) is 4.10. The molecular formula is C24H23ClN4. The minimum Gasteiger partial charge on any atom is -0.356 e. The highest BCUT2D eigenvalue weighted by molar-refractivity contribution is 6.30. The van der Waals surface area contributed by atoms with Crippen LogP contribution in [0.15, 0.2) is 66.7 Å². The first-order valence-corrected chi connectivity index (χ1v) is 10.5. The van der Waals surface area contributed by atoms with Crippen LogP contribution in [-0.4, -0.2) is 27.7 Å². The zero-order valence-corrected chi connectivity index (χ0v) is 17.2. The minimum absolute atomic E-state index is 0.679. The quantitative estimate of drug-likeness (QED) is 0.424. The van der Waals surface area contributed by atoms with Crippen molar-refractivity contribution in [3.63, 3.8) is 0 Å². The van der Waals surface area contributed by atoms with Gasteiger partial charge < -0.3 is 4.90 Å². The number of benzene rings is 2. The molecule has 2 aromatic heterocycles. The van der Waals surface area contributed by atoms with E-state index in [-0.39, 0.29) is 0 Å². The van der Waals surface area contributed by atoms with E-state index in [1.54, 1.807) is 0 Å². The van der Waals surface area contributed by atoms with E-state index in [1.165, 1.54) is 12.8 Å². The molecule has 1 saturated heterocycles. The predicted molar refractivity (Wildman–Crippen MR) is 119 cm³/mol. The highest BCUT2D eigenvalue weighted by Crippen LogP contribution is 2.30. The van der Waals surface area contributed by atoms with Crippen LogP contribution in [0.3, 0.4) is 0 Å². The van der Waals surface area contributed by atoms with Crippen LogP contribution < -0.4 is 4.90 Å². The normalized spacial score (nSPS) is 17.0. The van der Waals surface area contributed by atoms with Crippen molar-refractivity contribution in [1.29, 1.82) is 0 Å². The predicted octanol–water partition coefficient (Wildman–Crippen LogP) is 5.95. The summed E-state index contributed by atoms with van der Waals surface area (Å²) in [6.45, 7) is 4.42. The molecule has 5 rings (SSSR count). The summed E-state index contributed by atoms with van der Waals surface area (Å²) in [5, 5.41) is 5.64. The van der Waals surface area contributed by atoms with Crippen LogP contribution in [0.5, 0.6) is 0 Å². The number of hydrogen-bond donors (Lipinski definition) is 0. The van der Waals surface area contributed by atoms with Gasteiger partial charge in [0.15, 0.2) is 5.65 Å². The summed E-state index contributed by atoms with van der Waals surface area (Å²) < 4.78 is 1.99. The van der Waals surface area contributed by atoms with Gasteiger partial charge in [0, 0.05) is 41.4 Å². The summed E-state index contributed by atoms with van der Waals surface area (Å²) >= 11 is 6.06. The molecule has 0 bridgehead atoms. The second-order valence-corrected chi connectivity index (χ2v) is 8.30. The molecule has 146 valence electrons. The van der Waals surface area contributed by atoms with Crippen LogP contribution in [0.1, 0.15) is 19.8 Å². The first kappa shape index (κ1) is 18.2. The third-order valence-electron chi connectivity index (χ3n) is 5.60. The van der Waals surface area contributed by atoms with E-state index in [0.29, 0.717) is 5.92 Å². The van der Waals surface area contributed by atoms with Gasteiger partial charge in [0.1, 0.15) is 5.82 Å². The fourth-order valence-corrected chi connectivity index (χ4v) is 4.23. The fraction of sp³-hybridized carbons (Fsp3) is 0.250. The lowest BCUT2D eigenvalue weighted by Crippen LogP contribution is -2.35. The van der Waals surface area contributed by atoms with Crippen LogP contribution in [0, 0.1) is 5.92 Å². The molecule has 1 fully saturated rings. The maximum absolute atomic E-state index is 6.06. The van der Waals surface area contributed by atoms with E-state index in [4.69, 9.17) is 21.7 Å². The molecule has 1 aliphatic heterocycles. The first-order valence-electron chi connectivity index (χ1n) is 10.1. The Morgan fingerprint density at radius 2 is 1.69 bits per heavy atom. The molecule has 4 aromatic rings. The van der Waals surface area contributed by atoms with E-state index in [2.05, 4.69) is 48.2 Å². The standard InChI is InChI=1S/C24H23ClN4/c1-17-6-5-13-28(16-17)24-15-21(18-7-3-2-4-8-18)26-23-14-22(27-29(23)24)19-9-11-20(25)12-10-19/h2-4,7-12,14-15,17H,5-6,13,16H2,1H3/t17-/m1/s1. The summed E-state index contributed by atoms with van der Waals surface area (Å²) in [5.41, 5.74) is 4.92. The molecule has 29 heavy (non-hydrogen) atoms. The summed E-state index contributed by atoms with van der Waals surface area (Å²) in [5.74, 6) is 1.79. The Balaban J connectivity index is 1.67. The SMILES string of the molecule is C[C@@H]1CCCN(c2cc(-c3ccccc3)nc3cc(-c4ccc(Cl)cc4)nn23)C1. The molecule has 0 spiro atoms. The summed E-state index contributed by atoms with van der Waals surface area (Å²) in [4.78, 5) is 7.38. The molecule has 0 N–H and O–H groups in total. The molecule has 0 amide bonds. The third kappa shape index (κ3) is 3.60. The highest BCUT2D eigenvalue weighted by Gasteiger charge is 2.21. The van der Waals surface area contributed by atoms with Gasteiger partial charge in [0.2, 0.25) is 0 Å². The lowest BCUT2D eigenvalue weighted by atomic mass is 10.0. The van der Waals surface area contributed by atoms with Crippen molar-refractivity contribution < 1.29 is 0 Å². The van der Waals surface area contributed by atoms with Gasteiger partial charge in [-0.05, 0) is 30.9 Å². The van der Waals surface area contributed by atoms with E-state index in [1.807, 2.05) is 34.8 Å². The van der Waals surface area contributed by atoms with Crippen LogP contribution >= 0.6 is 11.6 Å². The zero-order valence-electron chi connectivity index (χ0n) is 16.4.